The van der Waals surface area contributed by atoms with Crippen LogP contribution >= 0.6 is 0 Å². The predicted molar refractivity (Wildman–Crippen MR) is 62.2 cm³/mol. The Balaban J connectivity index is 2.06. The molecule has 0 amide bonds. The third-order valence-corrected chi connectivity index (χ3v) is 2.47. The van der Waals surface area contributed by atoms with Crippen molar-refractivity contribution in [1.82, 2.24) is 35.3 Å². The second-order valence-electron chi connectivity index (χ2n) is 3.91. The zero-order valence-corrected chi connectivity index (χ0v) is 10.4. The van der Waals surface area contributed by atoms with Gasteiger partial charge in [-0.05, 0) is 18.7 Å². The monoisotopic (exact) mass is 235 g/mol. The van der Waals surface area contributed by atoms with Gasteiger partial charge in [-0.1, -0.05) is 6.92 Å². The molecule has 0 unspecified atom stereocenters. The highest BCUT2D eigenvalue weighted by Gasteiger charge is 2.07. The van der Waals surface area contributed by atoms with Crippen LogP contribution in [-0.4, -0.2) is 36.5 Å². The molecule has 7 heteroatoms. The molecule has 2 aromatic heterocycles. The normalized spacial score (nSPS) is 11.0. The molecule has 0 bridgehead atoms. The molecule has 0 radical (unpaired) electrons. The van der Waals surface area contributed by atoms with E-state index >= 15 is 0 Å². The molecule has 0 aliphatic rings. The number of nitrogens with one attached hydrogen (secondary N) is 1. The molecule has 0 aliphatic carbocycles. The summed E-state index contributed by atoms with van der Waals surface area (Å²) in [6, 6.07) is 0. The van der Waals surface area contributed by atoms with Crippen LogP contribution in [0.1, 0.15) is 24.0 Å². The first-order chi connectivity index (χ1) is 8.19. The SMILES string of the molecule is CCNCc1cn(Cc2nnn(C)n2)nc1C. The molecule has 0 saturated carbocycles. The van der Waals surface area contributed by atoms with E-state index in [-0.39, 0.29) is 0 Å². The van der Waals surface area contributed by atoms with E-state index in [0.29, 0.717) is 12.4 Å². The minimum absolute atomic E-state index is 0.556. The molecule has 92 valence electrons. The lowest BCUT2D eigenvalue weighted by Crippen LogP contribution is -2.11. The largest absolute Gasteiger partial charge is 0.313 e. The molecule has 17 heavy (non-hydrogen) atoms. The van der Waals surface area contributed by atoms with E-state index in [2.05, 4.69) is 32.7 Å². The average molecular weight is 235 g/mol. The first-order valence-electron chi connectivity index (χ1n) is 5.65. The first kappa shape index (κ1) is 11.7. The molecule has 0 aromatic carbocycles. The van der Waals surface area contributed by atoms with Crippen molar-refractivity contribution in [2.45, 2.75) is 26.9 Å². The van der Waals surface area contributed by atoms with Crippen LogP contribution < -0.4 is 5.32 Å². The summed E-state index contributed by atoms with van der Waals surface area (Å²) < 4.78 is 1.85. The van der Waals surface area contributed by atoms with Crippen LogP contribution in [-0.2, 0) is 20.1 Å². The lowest BCUT2D eigenvalue weighted by atomic mass is 10.2. The highest BCUT2D eigenvalue weighted by Crippen LogP contribution is 2.06. The Morgan fingerprint density at radius 3 is 2.82 bits per heavy atom. The summed E-state index contributed by atoms with van der Waals surface area (Å²) in [6.45, 7) is 6.45. The van der Waals surface area contributed by atoms with Crippen molar-refractivity contribution in [2.75, 3.05) is 6.54 Å². The van der Waals surface area contributed by atoms with Crippen LogP contribution in [0.25, 0.3) is 0 Å². The number of tetrazole rings is 1. The Morgan fingerprint density at radius 2 is 2.18 bits per heavy atom. The molecule has 2 heterocycles. The van der Waals surface area contributed by atoms with Gasteiger partial charge in [-0.25, -0.2) is 0 Å². The van der Waals surface area contributed by atoms with Crippen molar-refractivity contribution in [2.24, 2.45) is 7.05 Å². The zero-order valence-electron chi connectivity index (χ0n) is 10.4. The summed E-state index contributed by atoms with van der Waals surface area (Å²) in [5, 5.41) is 19.6. The fourth-order valence-electron chi connectivity index (χ4n) is 1.60. The average Bonchev–Trinajstić information content (AvgIpc) is 2.83. The Kier molecular flexibility index (Phi) is 3.48. The van der Waals surface area contributed by atoms with Gasteiger partial charge in [-0.15, -0.1) is 10.2 Å². The van der Waals surface area contributed by atoms with Crippen LogP contribution in [0.5, 0.6) is 0 Å². The van der Waals surface area contributed by atoms with E-state index < -0.39 is 0 Å². The van der Waals surface area contributed by atoms with Gasteiger partial charge in [0.15, 0.2) is 5.82 Å². The standard InChI is InChI=1S/C10H17N7/c1-4-11-5-9-6-17(13-8(9)2)7-10-12-15-16(3)14-10/h6,11H,4-5,7H2,1-3H3. The van der Waals surface area contributed by atoms with Gasteiger partial charge in [-0.3, -0.25) is 4.68 Å². The summed E-state index contributed by atoms with van der Waals surface area (Å²) in [7, 11) is 1.75. The first-order valence-corrected chi connectivity index (χ1v) is 5.65. The molecule has 7 nitrogen and oxygen atoms in total. The van der Waals surface area contributed by atoms with Gasteiger partial charge in [0.05, 0.1) is 12.7 Å². The maximum absolute atomic E-state index is 4.43. The van der Waals surface area contributed by atoms with E-state index in [4.69, 9.17) is 0 Å². The van der Waals surface area contributed by atoms with E-state index in [1.165, 1.54) is 10.4 Å². The summed E-state index contributed by atoms with van der Waals surface area (Å²) in [5.41, 5.74) is 2.24. The molecule has 0 spiro atoms. The molecule has 2 rings (SSSR count). The second-order valence-corrected chi connectivity index (χ2v) is 3.91. The Hall–Kier alpha value is -1.76. The van der Waals surface area contributed by atoms with E-state index in [1.807, 2.05) is 17.8 Å². The van der Waals surface area contributed by atoms with Crippen LogP contribution in [0.2, 0.25) is 0 Å². The lowest BCUT2D eigenvalue weighted by molar-refractivity contribution is 0.616. The van der Waals surface area contributed by atoms with Crippen molar-refractivity contribution in [3.63, 3.8) is 0 Å². The fraction of sp³-hybridized carbons (Fsp3) is 0.600. The van der Waals surface area contributed by atoms with Crippen LogP contribution in [0.15, 0.2) is 6.20 Å². The maximum atomic E-state index is 4.43. The Labute approximate surface area is 99.8 Å². The fourth-order valence-corrected chi connectivity index (χ4v) is 1.60. The minimum Gasteiger partial charge on any atom is -0.313 e. The second kappa shape index (κ2) is 5.05. The number of aryl methyl sites for hydroxylation is 2. The van der Waals surface area contributed by atoms with E-state index in [1.54, 1.807) is 7.05 Å². The molecule has 0 aliphatic heterocycles. The molecule has 0 atom stereocenters. The summed E-state index contributed by atoms with van der Waals surface area (Å²) >= 11 is 0. The van der Waals surface area contributed by atoms with Crippen LogP contribution in [0.4, 0.5) is 0 Å². The highest BCUT2D eigenvalue weighted by atomic mass is 15.6. The lowest BCUT2D eigenvalue weighted by Gasteiger charge is -1.97. The van der Waals surface area contributed by atoms with Gasteiger partial charge >= 0.3 is 0 Å². The molecule has 2 aromatic rings. The predicted octanol–water partition coefficient (Wildman–Crippen LogP) is -0.127. The van der Waals surface area contributed by atoms with Crippen LogP contribution in [0, 0.1) is 6.92 Å². The van der Waals surface area contributed by atoms with Gasteiger partial charge in [0.1, 0.15) is 6.54 Å². The number of nitrogens with zero attached hydrogens (tertiary/aromatic N) is 6. The third kappa shape index (κ3) is 2.88. The number of hydrogen-bond acceptors (Lipinski definition) is 5. The quantitative estimate of drug-likeness (QED) is 0.781. The van der Waals surface area contributed by atoms with Crippen LogP contribution in [0.3, 0.4) is 0 Å². The van der Waals surface area contributed by atoms with Gasteiger partial charge in [0.25, 0.3) is 0 Å². The molecule has 0 fully saturated rings. The van der Waals surface area contributed by atoms with E-state index in [9.17, 15) is 0 Å². The minimum atomic E-state index is 0.556. The van der Waals surface area contributed by atoms with Gasteiger partial charge < -0.3 is 5.32 Å². The van der Waals surface area contributed by atoms with Gasteiger partial charge in [0.2, 0.25) is 0 Å². The van der Waals surface area contributed by atoms with Gasteiger partial charge in [-0.2, -0.15) is 9.90 Å². The molecule has 1 N–H and O–H groups in total. The summed E-state index contributed by atoms with van der Waals surface area (Å²) in [4.78, 5) is 1.45. The Morgan fingerprint density at radius 1 is 1.35 bits per heavy atom. The van der Waals surface area contributed by atoms with Gasteiger partial charge in [0, 0.05) is 18.3 Å². The van der Waals surface area contributed by atoms with Crippen molar-refractivity contribution in [1.29, 1.82) is 0 Å². The topological polar surface area (TPSA) is 73.5 Å². The number of aromatic nitrogens is 6. The summed E-state index contributed by atoms with van der Waals surface area (Å²) in [5.74, 6) is 0.671. The summed E-state index contributed by atoms with van der Waals surface area (Å²) in [6.07, 6.45) is 2.02. The molecular formula is C10H17N7. The van der Waals surface area contributed by atoms with Crippen molar-refractivity contribution in [3.05, 3.63) is 23.3 Å². The third-order valence-electron chi connectivity index (χ3n) is 2.47. The van der Waals surface area contributed by atoms with Crippen molar-refractivity contribution in [3.8, 4) is 0 Å². The zero-order chi connectivity index (χ0) is 12.3. The number of hydrogen-bond donors (Lipinski definition) is 1. The molecule has 0 saturated heterocycles. The van der Waals surface area contributed by atoms with Crippen molar-refractivity contribution >= 4 is 0 Å². The Bertz CT molecular complexity index is 485. The van der Waals surface area contributed by atoms with E-state index in [0.717, 1.165) is 18.8 Å². The smallest absolute Gasteiger partial charge is 0.196 e. The highest BCUT2D eigenvalue weighted by molar-refractivity contribution is 5.15. The maximum Gasteiger partial charge on any atom is 0.196 e. The van der Waals surface area contributed by atoms with Crippen molar-refractivity contribution < 1.29 is 0 Å². The number of rotatable bonds is 5. The molecular weight excluding hydrogens is 218 g/mol.